The molecule has 0 unspecified atom stereocenters. The largest absolute Gasteiger partial charge is 0.294 e. The lowest BCUT2D eigenvalue weighted by Crippen LogP contribution is -2.30. The van der Waals surface area contributed by atoms with Crippen molar-refractivity contribution >= 4 is 0 Å². The first-order valence-corrected chi connectivity index (χ1v) is 7.42. The molecule has 1 aromatic heterocycles. The second-order valence-corrected chi connectivity index (χ2v) is 6.02. The molecule has 0 amide bonds. The van der Waals surface area contributed by atoms with Crippen LogP contribution in [0.1, 0.15) is 22.3 Å². The Kier molecular flexibility index (Phi) is 2.55. The van der Waals surface area contributed by atoms with Gasteiger partial charge in [-0.3, -0.25) is 0 Å². The third kappa shape index (κ3) is 1.75. The number of benzene rings is 2. The number of imidazole rings is 1. The molecular weight excluding hydrogens is 256 g/mol. The lowest BCUT2D eigenvalue weighted by molar-refractivity contribution is -0.671. The van der Waals surface area contributed by atoms with E-state index in [-0.39, 0.29) is 0 Å². The van der Waals surface area contributed by atoms with Crippen molar-refractivity contribution < 1.29 is 4.57 Å². The molecule has 0 radical (unpaired) electrons. The van der Waals surface area contributed by atoms with Crippen molar-refractivity contribution in [2.45, 2.75) is 27.3 Å². The van der Waals surface area contributed by atoms with Crippen molar-refractivity contribution in [2.75, 3.05) is 0 Å². The summed E-state index contributed by atoms with van der Waals surface area (Å²) in [5.41, 5.74) is 8.05. The topological polar surface area (TPSA) is 8.81 Å². The second-order valence-electron chi connectivity index (χ2n) is 6.02. The molecule has 3 aromatic rings. The van der Waals surface area contributed by atoms with E-state index in [1.807, 2.05) is 0 Å². The lowest BCUT2D eigenvalue weighted by atomic mass is 10.0. The highest BCUT2D eigenvalue weighted by Crippen LogP contribution is 2.31. The van der Waals surface area contributed by atoms with Gasteiger partial charge >= 0.3 is 0 Å². The molecule has 2 heterocycles. The van der Waals surface area contributed by atoms with Crippen LogP contribution in [0.4, 0.5) is 0 Å². The normalized spacial score (nSPS) is 12.3. The predicted octanol–water partition coefficient (Wildman–Crippen LogP) is 3.72. The third-order valence-electron chi connectivity index (χ3n) is 4.37. The van der Waals surface area contributed by atoms with E-state index < -0.39 is 0 Å². The summed E-state index contributed by atoms with van der Waals surface area (Å²) >= 11 is 0. The number of nitrogens with zero attached hydrogens (tertiary/aromatic N) is 2. The highest BCUT2D eigenvalue weighted by molar-refractivity contribution is 5.64. The molecule has 1 aliphatic heterocycles. The highest BCUT2D eigenvalue weighted by atomic mass is 15.2. The Morgan fingerprint density at radius 2 is 1.71 bits per heavy atom. The summed E-state index contributed by atoms with van der Waals surface area (Å²) in [7, 11) is 0. The van der Waals surface area contributed by atoms with Gasteiger partial charge in [0.05, 0.1) is 5.56 Å². The van der Waals surface area contributed by atoms with E-state index in [9.17, 15) is 0 Å². The molecule has 104 valence electrons. The molecule has 0 fully saturated rings. The lowest BCUT2D eigenvalue weighted by Gasteiger charge is -2.09. The predicted molar refractivity (Wildman–Crippen MR) is 84.7 cm³/mol. The summed E-state index contributed by atoms with van der Waals surface area (Å²) in [6.07, 6.45) is 4.38. The number of hydrogen-bond acceptors (Lipinski definition) is 0. The third-order valence-corrected chi connectivity index (χ3v) is 4.37. The van der Waals surface area contributed by atoms with E-state index in [1.54, 1.807) is 0 Å². The maximum Gasteiger partial charge on any atom is 0.294 e. The van der Waals surface area contributed by atoms with Gasteiger partial charge in [-0.05, 0) is 38.0 Å². The molecule has 0 saturated carbocycles. The number of rotatable bonds is 1. The number of aromatic nitrogens is 2. The Morgan fingerprint density at radius 3 is 2.48 bits per heavy atom. The van der Waals surface area contributed by atoms with Crippen LogP contribution in [0.5, 0.6) is 0 Å². The first-order chi connectivity index (χ1) is 10.1. The van der Waals surface area contributed by atoms with Crippen LogP contribution < -0.4 is 4.57 Å². The van der Waals surface area contributed by atoms with Crippen LogP contribution in [0, 0.1) is 20.8 Å². The van der Waals surface area contributed by atoms with Crippen molar-refractivity contribution in [3.63, 3.8) is 0 Å². The van der Waals surface area contributed by atoms with Crippen LogP contribution in [0.3, 0.4) is 0 Å². The number of fused-ring (bicyclic) bond motifs is 3. The monoisotopic (exact) mass is 275 g/mol. The van der Waals surface area contributed by atoms with E-state index in [4.69, 9.17) is 0 Å². The van der Waals surface area contributed by atoms with Crippen LogP contribution >= 0.6 is 0 Å². The van der Waals surface area contributed by atoms with Gasteiger partial charge in [0, 0.05) is 5.56 Å². The minimum atomic E-state index is 0.975. The average Bonchev–Trinajstić information content (AvgIpc) is 2.97. The summed E-state index contributed by atoms with van der Waals surface area (Å²) < 4.78 is 4.68. The fourth-order valence-electron chi connectivity index (χ4n) is 3.63. The van der Waals surface area contributed by atoms with Gasteiger partial charge in [0.15, 0.2) is 0 Å². The molecule has 0 atom stereocenters. The van der Waals surface area contributed by atoms with Crippen molar-refractivity contribution in [3.8, 4) is 17.1 Å². The van der Waals surface area contributed by atoms with Gasteiger partial charge in [-0.25, -0.2) is 4.57 Å². The molecular formula is C19H19N2+. The summed E-state index contributed by atoms with van der Waals surface area (Å²) in [4.78, 5) is 0. The Labute approximate surface area is 125 Å². The van der Waals surface area contributed by atoms with Crippen LogP contribution in [-0.2, 0) is 6.54 Å². The molecule has 0 bridgehead atoms. The van der Waals surface area contributed by atoms with E-state index in [1.165, 1.54) is 39.3 Å². The first-order valence-electron chi connectivity index (χ1n) is 7.42. The summed E-state index contributed by atoms with van der Waals surface area (Å²) in [6, 6.07) is 13.2. The molecule has 2 aromatic carbocycles. The summed E-state index contributed by atoms with van der Waals surface area (Å²) in [6.45, 7) is 7.54. The van der Waals surface area contributed by atoms with Crippen molar-refractivity contribution in [2.24, 2.45) is 0 Å². The molecule has 1 aliphatic rings. The molecule has 0 aliphatic carbocycles. The Morgan fingerprint density at radius 1 is 1.00 bits per heavy atom. The highest BCUT2D eigenvalue weighted by Gasteiger charge is 2.30. The maximum absolute atomic E-state index is 2.34. The Hall–Kier alpha value is -2.35. The molecule has 4 rings (SSSR count). The fourth-order valence-corrected chi connectivity index (χ4v) is 3.63. The van der Waals surface area contributed by atoms with Gasteiger partial charge in [0.25, 0.3) is 5.82 Å². The van der Waals surface area contributed by atoms with Crippen molar-refractivity contribution in [3.05, 3.63) is 71.0 Å². The average molecular weight is 275 g/mol. The van der Waals surface area contributed by atoms with E-state index >= 15 is 0 Å². The minimum absolute atomic E-state index is 0.975. The fraction of sp³-hybridized carbons (Fsp3) is 0.211. The van der Waals surface area contributed by atoms with Gasteiger partial charge in [-0.1, -0.05) is 35.9 Å². The van der Waals surface area contributed by atoms with Gasteiger partial charge in [0.2, 0.25) is 0 Å². The standard InChI is InChI=1S/C19H19N2/c1-13-10-14(2)18(15(3)11-13)21-9-8-20-12-16-6-4-5-7-17(16)19(20)21/h4-11H,12H2,1-3H3/q+1. The zero-order chi connectivity index (χ0) is 14.6. The Balaban J connectivity index is 1.99. The zero-order valence-corrected chi connectivity index (χ0v) is 12.7. The number of hydrogen-bond donors (Lipinski definition) is 0. The molecule has 0 N–H and O–H groups in total. The molecule has 21 heavy (non-hydrogen) atoms. The SMILES string of the molecule is Cc1cc(C)c(-n2cc[n+]3c2-c2ccccc2C3)c(C)c1. The first kappa shape index (κ1) is 12.4. The van der Waals surface area contributed by atoms with Crippen LogP contribution in [-0.4, -0.2) is 4.57 Å². The second kappa shape index (κ2) is 4.32. The minimum Gasteiger partial charge on any atom is -0.225 e. The van der Waals surface area contributed by atoms with E-state index in [0.29, 0.717) is 0 Å². The summed E-state index contributed by atoms with van der Waals surface area (Å²) in [5, 5.41) is 0. The Bertz CT molecular complexity index is 833. The van der Waals surface area contributed by atoms with Gasteiger partial charge in [-0.2, -0.15) is 4.57 Å². The molecule has 2 nitrogen and oxygen atoms in total. The van der Waals surface area contributed by atoms with Gasteiger partial charge in [-0.15, -0.1) is 0 Å². The quantitative estimate of drug-likeness (QED) is 0.468. The molecule has 0 spiro atoms. The van der Waals surface area contributed by atoms with Crippen LogP contribution in [0.25, 0.3) is 17.1 Å². The molecule has 2 heteroatoms. The van der Waals surface area contributed by atoms with Crippen molar-refractivity contribution in [1.29, 1.82) is 0 Å². The van der Waals surface area contributed by atoms with E-state index in [2.05, 4.69) is 78.7 Å². The van der Waals surface area contributed by atoms with Crippen molar-refractivity contribution in [1.82, 2.24) is 4.57 Å². The maximum atomic E-state index is 2.34. The van der Waals surface area contributed by atoms with Gasteiger partial charge in [0.1, 0.15) is 24.6 Å². The summed E-state index contributed by atoms with van der Waals surface area (Å²) in [5.74, 6) is 1.29. The smallest absolute Gasteiger partial charge is 0.225 e. The number of aryl methyl sites for hydroxylation is 3. The van der Waals surface area contributed by atoms with Crippen LogP contribution in [0.2, 0.25) is 0 Å². The van der Waals surface area contributed by atoms with E-state index in [0.717, 1.165) is 6.54 Å². The zero-order valence-electron chi connectivity index (χ0n) is 12.7. The van der Waals surface area contributed by atoms with Crippen LogP contribution in [0.15, 0.2) is 48.8 Å². The molecule has 0 saturated heterocycles. The van der Waals surface area contributed by atoms with Gasteiger partial charge < -0.3 is 0 Å².